The number of carbonyl (C=O) groups excluding carboxylic acids is 1. The molecule has 1 aromatic heterocycles. The second kappa shape index (κ2) is 6.13. The van der Waals surface area contributed by atoms with Crippen molar-refractivity contribution in [1.29, 1.82) is 0 Å². The zero-order valence-electron chi connectivity index (χ0n) is 10.5. The molecule has 1 heterocycles. The summed E-state index contributed by atoms with van der Waals surface area (Å²) < 4.78 is 32.3. The average molecular weight is 345 g/mol. The molecule has 0 N–H and O–H groups in total. The Morgan fingerprint density at radius 3 is 2.90 bits per heavy atom. The van der Waals surface area contributed by atoms with Crippen molar-refractivity contribution in [1.82, 2.24) is 9.55 Å². The van der Waals surface area contributed by atoms with E-state index in [2.05, 4.69) is 20.9 Å². The van der Waals surface area contributed by atoms with Crippen molar-refractivity contribution < 1.29 is 18.3 Å². The SMILES string of the molecule is Cc1cc(Br)cc(C=O)c1OCc1nccn1C(F)F. The summed E-state index contributed by atoms with van der Waals surface area (Å²) in [5, 5.41) is 0. The molecule has 0 saturated carbocycles. The number of imidazole rings is 1. The molecule has 0 unspecified atom stereocenters. The number of carbonyl (C=O) groups is 1. The van der Waals surface area contributed by atoms with Crippen molar-refractivity contribution >= 4 is 22.2 Å². The van der Waals surface area contributed by atoms with Crippen molar-refractivity contribution in [3.8, 4) is 5.75 Å². The normalized spacial score (nSPS) is 10.8. The van der Waals surface area contributed by atoms with Gasteiger partial charge in [0.2, 0.25) is 0 Å². The van der Waals surface area contributed by atoms with E-state index in [1.54, 1.807) is 19.1 Å². The molecule has 0 radical (unpaired) electrons. The molecule has 0 aliphatic heterocycles. The molecule has 2 rings (SSSR count). The van der Waals surface area contributed by atoms with Crippen molar-refractivity contribution in [3.05, 3.63) is 46.0 Å². The zero-order chi connectivity index (χ0) is 14.7. The maximum absolute atomic E-state index is 12.7. The van der Waals surface area contributed by atoms with Crippen LogP contribution >= 0.6 is 15.9 Å². The Labute approximate surface area is 122 Å². The number of aryl methyl sites for hydroxylation is 1. The number of halogens is 3. The van der Waals surface area contributed by atoms with Crippen LogP contribution in [0.4, 0.5) is 8.78 Å². The van der Waals surface area contributed by atoms with Gasteiger partial charge in [0.15, 0.2) is 12.1 Å². The van der Waals surface area contributed by atoms with E-state index < -0.39 is 6.55 Å². The number of nitrogens with zero attached hydrogens (tertiary/aromatic N) is 2. The van der Waals surface area contributed by atoms with Crippen LogP contribution in [0.5, 0.6) is 5.75 Å². The first-order valence-corrected chi connectivity index (χ1v) is 6.50. The third kappa shape index (κ3) is 3.04. The predicted molar refractivity (Wildman–Crippen MR) is 72.1 cm³/mol. The maximum Gasteiger partial charge on any atom is 0.320 e. The van der Waals surface area contributed by atoms with E-state index in [4.69, 9.17) is 4.74 Å². The van der Waals surface area contributed by atoms with Crippen LogP contribution < -0.4 is 4.74 Å². The standard InChI is InChI=1S/C13H11BrF2N2O2/c1-8-4-10(14)5-9(6-19)12(8)20-7-11-17-2-3-18(11)13(15)16/h2-6,13H,7H2,1H3. The minimum atomic E-state index is -2.67. The van der Waals surface area contributed by atoms with Crippen LogP contribution in [0.15, 0.2) is 29.0 Å². The molecule has 0 aliphatic rings. The van der Waals surface area contributed by atoms with Gasteiger partial charge in [0.1, 0.15) is 12.4 Å². The van der Waals surface area contributed by atoms with Gasteiger partial charge in [-0.25, -0.2) is 4.98 Å². The van der Waals surface area contributed by atoms with Gasteiger partial charge in [0.25, 0.3) is 0 Å². The summed E-state index contributed by atoms with van der Waals surface area (Å²) in [6.07, 6.45) is 3.12. The molecule has 0 saturated heterocycles. The molecule has 106 valence electrons. The molecule has 0 spiro atoms. The summed E-state index contributed by atoms with van der Waals surface area (Å²) in [6.45, 7) is -1.04. The fourth-order valence-electron chi connectivity index (χ4n) is 1.81. The molecule has 0 bridgehead atoms. The summed E-state index contributed by atoms with van der Waals surface area (Å²) in [4.78, 5) is 14.8. The number of ether oxygens (including phenoxy) is 1. The van der Waals surface area contributed by atoms with Gasteiger partial charge in [0, 0.05) is 16.9 Å². The average Bonchev–Trinajstić information content (AvgIpc) is 2.85. The van der Waals surface area contributed by atoms with E-state index in [1.807, 2.05) is 0 Å². The Hall–Kier alpha value is -1.76. The van der Waals surface area contributed by atoms with E-state index >= 15 is 0 Å². The largest absolute Gasteiger partial charge is 0.485 e. The van der Waals surface area contributed by atoms with Crippen LogP contribution in [0.2, 0.25) is 0 Å². The van der Waals surface area contributed by atoms with Crippen LogP contribution in [-0.2, 0) is 6.61 Å². The monoisotopic (exact) mass is 344 g/mol. The summed E-state index contributed by atoms with van der Waals surface area (Å²) in [5.41, 5.74) is 1.09. The molecule has 2 aromatic rings. The molecular weight excluding hydrogens is 334 g/mol. The second-order valence-corrected chi connectivity index (χ2v) is 4.99. The van der Waals surface area contributed by atoms with Crippen molar-refractivity contribution in [2.24, 2.45) is 0 Å². The Kier molecular flexibility index (Phi) is 4.49. The third-order valence-corrected chi connectivity index (χ3v) is 3.16. The number of rotatable bonds is 5. The van der Waals surface area contributed by atoms with Gasteiger partial charge < -0.3 is 4.74 Å². The van der Waals surface area contributed by atoms with Gasteiger partial charge >= 0.3 is 6.55 Å². The highest BCUT2D eigenvalue weighted by molar-refractivity contribution is 9.10. The first kappa shape index (κ1) is 14.6. The molecule has 1 aromatic carbocycles. The molecule has 0 fully saturated rings. The number of hydrogen-bond acceptors (Lipinski definition) is 3. The highest BCUT2D eigenvalue weighted by Crippen LogP contribution is 2.27. The first-order chi connectivity index (χ1) is 9.52. The van der Waals surface area contributed by atoms with Gasteiger partial charge in [-0.05, 0) is 24.6 Å². The summed E-state index contributed by atoms with van der Waals surface area (Å²) in [6, 6.07) is 3.39. The van der Waals surface area contributed by atoms with Gasteiger partial charge in [-0.2, -0.15) is 8.78 Å². The summed E-state index contributed by atoms with van der Waals surface area (Å²) in [5.74, 6) is 0.464. The number of aromatic nitrogens is 2. The fraction of sp³-hybridized carbons (Fsp3) is 0.231. The van der Waals surface area contributed by atoms with E-state index in [0.29, 0.717) is 17.6 Å². The third-order valence-electron chi connectivity index (χ3n) is 2.70. The van der Waals surface area contributed by atoms with Crippen LogP contribution in [0.3, 0.4) is 0 Å². The minimum Gasteiger partial charge on any atom is -0.485 e. The predicted octanol–water partition coefficient (Wildman–Crippen LogP) is 3.74. The lowest BCUT2D eigenvalue weighted by Crippen LogP contribution is -2.08. The van der Waals surface area contributed by atoms with Gasteiger partial charge in [0.05, 0.1) is 5.56 Å². The highest BCUT2D eigenvalue weighted by Gasteiger charge is 2.14. The lowest BCUT2D eigenvalue weighted by molar-refractivity contribution is 0.0631. The fourth-order valence-corrected chi connectivity index (χ4v) is 2.40. The zero-order valence-corrected chi connectivity index (χ0v) is 12.1. The lowest BCUT2D eigenvalue weighted by Gasteiger charge is -2.12. The van der Waals surface area contributed by atoms with Crippen molar-refractivity contribution in [2.45, 2.75) is 20.1 Å². The minimum absolute atomic E-state index is 0.0965. The van der Waals surface area contributed by atoms with Crippen molar-refractivity contribution in [3.63, 3.8) is 0 Å². The number of aldehydes is 1. The number of hydrogen-bond donors (Lipinski definition) is 0. The highest BCUT2D eigenvalue weighted by atomic mass is 79.9. The molecule has 0 amide bonds. The van der Waals surface area contributed by atoms with Crippen LogP contribution in [0.25, 0.3) is 0 Å². The number of alkyl halides is 2. The van der Waals surface area contributed by atoms with E-state index in [9.17, 15) is 13.6 Å². The molecule has 4 nitrogen and oxygen atoms in total. The second-order valence-electron chi connectivity index (χ2n) is 4.08. The Morgan fingerprint density at radius 2 is 2.25 bits per heavy atom. The lowest BCUT2D eigenvalue weighted by atomic mass is 10.1. The van der Waals surface area contributed by atoms with Gasteiger partial charge in [-0.1, -0.05) is 15.9 Å². The van der Waals surface area contributed by atoms with Crippen molar-refractivity contribution in [2.75, 3.05) is 0 Å². The molecule has 20 heavy (non-hydrogen) atoms. The Morgan fingerprint density at radius 1 is 1.50 bits per heavy atom. The molecular formula is C13H11BrF2N2O2. The quantitative estimate of drug-likeness (QED) is 0.776. The summed E-state index contributed by atoms with van der Waals surface area (Å²) >= 11 is 3.28. The van der Waals surface area contributed by atoms with Gasteiger partial charge in [-0.15, -0.1) is 0 Å². The maximum atomic E-state index is 12.7. The van der Waals surface area contributed by atoms with Crippen LogP contribution in [-0.4, -0.2) is 15.8 Å². The smallest absolute Gasteiger partial charge is 0.320 e. The molecule has 0 aliphatic carbocycles. The first-order valence-electron chi connectivity index (χ1n) is 5.71. The summed E-state index contributed by atoms with van der Waals surface area (Å²) in [7, 11) is 0. The Bertz CT molecular complexity index is 629. The van der Waals surface area contributed by atoms with Crippen LogP contribution in [0, 0.1) is 6.92 Å². The van der Waals surface area contributed by atoms with E-state index in [0.717, 1.165) is 14.6 Å². The van der Waals surface area contributed by atoms with Gasteiger partial charge in [-0.3, -0.25) is 9.36 Å². The van der Waals surface area contributed by atoms with Crippen LogP contribution in [0.1, 0.15) is 28.3 Å². The number of benzene rings is 1. The van der Waals surface area contributed by atoms with E-state index in [-0.39, 0.29) is 12.4 Å². The topological polar surface area (TPSA) is 44.1 Å². The molecule has 7 heteroatoms. The van der Waals surface area contributed by atoms with E-state index in [1.165, 1.54) is 12.4 Å². The molecule has 0 atom stereocenters. The Balaban J connectivity index is 2.23.